The molecule has 15 heteroatoms. The van der Waals surface area contributed by atoms with Gasteiger partial charge < -0.3 is 11.1 Å². The van der Waals surface area contributed by atoms with Crippen LogP contribution in [-0.2, 0) is 6.18 Å². The second-order valence-corrected chi connectivity index (χ2v) is 7.19. The molecule has 178 valence electrons. The highest BCUT2D eigenvalue weighted by atomic mass is 19.4. The van der Waals surface area contributed by atoms with Crippen molar-refractivity contribution in [2.75, 3.05) is 11.1 Å². The first kappa shape index (κ1) is 23.3. The van der Waals surface area contributed by atoms with Crippen molar-refractivity contribution in [3.05, 3.63) is 64.6 Å². The molecule has 3 N–H and O–H groups in total. The molecule has 0 spiro atoms. The van der Waals surface area contributed by atoms with Gasteiger partial charge in [-0.25, -0.2) is 19.0 Å². The molecule has 4 aromatic heterocycles. The van der Waals surface area contributed by atoms with Crippen LogP contribution in [0.2, 0.25) is 0 Å². The van der Waals surface area contributed by atoms with Crippen LogP contribution in [0.3, 0.4) is 0 Å². The van der Waals surface area contributed by atoms with Crippen molar-refractivity contribution in [3.8, 4) is 17.7 Å². The van der Waals surface area contributed by atoms with Gasteiger partial charge in [0, 0.05) is 0 Å². The van der Waals surface area contributed by atoms with Gasteiger partial charge in [0.25, 0.3) is 5.91 Å². The van der Waals surface area contributed by atoms with Crippen LogP contribution in [0.4, 0.5) is 29.1 Å². The number of nitrogens with one attached hydrogen (secondary N) is 1. The van der Waals surface area contributed by atoms with E-state index >= 15 is 0 Å². The average molecular weight is 486 g/mol. The van der Waals surface area contributed by atoms with Crippen molar-refractivity contribution in [1.82, 2.24) is 34.7 Å². The Hall–Kier alpha value is -4.87. The maximum atomic E-state index is 14.0. The SMILES string of the molecule is Cc1cc(F)c(N)nc1-n1ncc(C(=O)Nc2cc(C#N)c(-n3nccn3)nc2C)c1C(F)(F)F. The topological polar surface area (TPSA) is 153 Å². The Kier molecular flexibility index (Phi) is 5.65. The zero-order valence-electron chi connectivity index (χ0n) is 18.0. The maximum absolute atomic E-state index is 14.0. The van der Waals surface area contributed by atoms with Crippen LogP contribution < -0.4 is 11.1 Å². The van der Waals surface area contributed by atoms with E-state index in [1.165, 1.54) is 32.3 Å². The zero-order valence-corrected chi connectivity index (χ0v) is 18.0. The van der Waals surface area contributed by atoms with Crippen molar-refractivity contribution in [1.29, 1.82) is 5.26 Å². The van der Waals surface area contributed by atoms with E-state index in [9.17, 15) is 27.6 Å². The average Bonchev–Trinajstić information content (AvgIpc) is 3.47. The molecule has 0 radical (unpaired) electrons. The number of nitrogens with two attached hydrogens (primary N) is 1. The van der Waals surface area contributed by atoms with E-state index in [4.69, 9.17) is 5.73 Å². The van der Waals surface area contributed by atoms with Crippen LogP contribution in [0.15, 0.2) is 30.7 Å². The zero-order chi connectivity index (χ0) is 25.5. The number of carbonyl (C=O) groups excluding carboxylic acids is 1. The van der Waals surface area contributed by atoms with E-state index in [2.05, 4.69) is 30.6 Å². The second kappa shape index (κ2) is 8.48. The van der Waals surface area contributed by atoms with Gasteiger partial charge in [-0.15, -0.1) is 4.80 Å². The quantitative estimate of drug-likeness (QED) is 0.418. The molecule has 0 atom stereocenters. The number of aromatic nitrogens is 7. The largest absolute Gasteiger partial charge is 0.434 e. The second-order valence-electron chi connectivity index (χ2n) is 7.19. The Labute approximate surface area is 193 Å². The molecule has 0 fully saturated rings. The number of rotatable bonds is 4. The Bertz CT molecular complexity index is 1490. The third kappa shape index (κ3) is 4.24. The summed E-state index contributed by atoms with van der Waals surface area (Å²) in [6.45, 7) is 2.80. The van der Waals surface area contributed by atoms with Crippen LogP contribution >= 0.6 is 0 Å². The van der Waals surface area contributed by atoms with Gasteiger partial charge in [-0.05, 0) is 31.5 Å². The van der Waals surface area contributed by atoms with E-state index in [-0.39, 0.29) is 28.3 Å². The molecule has 0 aliphatic carbocycles. The predicted octanol–water partition coefficient (Wildman–Crippen LogP) is 2.72. The van der Waals surface area contributed by atoms with Crippen LogP contribution in [0.1, 0.15) is 32.9 Å². The smallest absolute Gasteiger partial charge is 0.381 e. The van der Waals surface area contributed by atoms with E-state index in [0.717, 1.165) is 10.9 Å². The number of hydrogen-bond donors (Lipinski definition) is 2. The van der Waals surface area contributed by atoms with Gasteiger partial charge >= 0.3 is 6.18 Å². The first-order chi connectivity index (χ1) is 16.5. The van der Waals surface area contributed by atoms with E-state index in [1.54, 1.807) is 0 Å². The first-order valence-electron chi connectivity index (χ1n) is 9.69. The Balaban J connectivity index is 1.76. The highest BCUT2D eigenvalue weighted by Crippen LogP contribution is 2.35. The summed E-state index contributed by atoms with van der Waals surface area (Å²) in [5.74, 6) is -3.02. The van der Waals surface area contributed by atoms with Gasteiger partial charge in [0.05, 0.1) is 35.5 Å². The lowest BCUT2D eigenvalue weighted by atomic mass is 10.1. The number of nitriles is 1. The number of carbonyl (C=O) groups is 1. The minimum Gasteiger partial charge on any atom is -0.381 e. The molecule has 0 aliphatic heterocycles. The lowest BCUT2D eigenvalue weighted by Crippen LogP contribution is -2.22. The number of nitrogen functional groups attached to an aromatic ring is 1. The molecule has 0 aromatic carbocycles. The number of alkyl halides is 3. The number of hydrogen-bond acceptors (Lipinski definition) is 8. The van der Waals surface area contributed by atoms with Crippen LogP contribution in [0.25, 0.3) is 11.6 Å². The first-order valence-corrected chi connectivity index (χ1v) is 9.69. The molecule has 4 aromatic rings. The fourth-order valence-corrected chi connectivity index (χ4v) is 3.22. The lowest BCUT2D eigenvalue weighted by Gasteiger charge is -2.15. The molecule has 0 aliphatic rings. The van der Waals surface area contributed by atoms with Gasteiger partial charge in [-0.2, -0.15) is 33.7 Å². The standard InChI is InChI=1S/C20H14F4N10O/c1-9-5-13(21)16(26)32-17(9)33-15(20(22,23)24)12(8-29-33)19(35)31-14-6-11(7-25)18(30-10(14)2)34-27-3-4-28-34/h3-6,8H,1-2H3,(H2,26,32)(H,31,35). The lowest BCUT2D eigenvalue weighted by molar-refractivity contribution is -0.143. The number of nitrogens with zero attached hydrogens (tertiary/aromatic N) is 8. The van der Waals surface area contributed by atoms with E-state index in [1.807, 2.05) is 6.07 Å². The summed E-state index contributed by atoms with van der Waals surface area (Å²) in [6.07, 6.45) is -1.60. The third-order valence-electron chi connectivity index (χ3n) is 4.82. The van der Waals surface area contributed by atoms with Gasteiger partial charge in [0.15, 0.2) is 29.0 Å². The number of halogens is 4. The molecule has 4 rings (SSSR count). The number of amides is 1. The minimum absolute atomic E-state index is 0.0105. The van der Waals surface area contributed by atoms with Gasteiger partial charge in [0.1, 0.15) is 11.6 Å². The summed E-state index contributed by atoms with van der Waals surface area (Å²) < 4.78 is 56.0. The Morgan fingerprint density at radius 1 is 1.11 bits per heavy atom. The van der Waals surface area contributed by atoms with E-state index in [0.29, 0.717) is 10.9 Å². The molecule has 35 heavy (non-hydrogen) atoms. The molecule has 1 amide bonds. The fraction of sp³-hybridized carbons (Fsp3) is 0.150. The Morgan fingerprint density at radius 2 is 1.80 bits per heavy atom. The summed E-state index contributed by atoms with van der Waals surface area (Å²) in [5.41, 5.74) is 3.29. The molecule has 11 nitrogen and oxygen atoms in total. The van der Waals surface area contributed by atoms with Crippen LogP contribution in [-0.4, -0.2) is 40.6 Å². The number of pyridine rings is 2. The van der Waals surface area contributed by atoms with Crippen molar-refractivity contribution in [3.63, 3.8) is 0 Å². The highest BCUT2D eigenvalue weighted by Gasteiger charge is 2.41. The predicted molar refractivity (Wildman–Crippen MR) is 112 cm³/mol. The maximum Gasteiger partial charge on any atom is 0.434 e. The molecular weight excluding hydrogens is 472 g/mol. The van der Waals surface area contributed by atoms with Gasteiger partial charge in [0.2, 0.25) is 0 Å². The highest BCUT2D eigenvalue weighted by molar-refractivity contribution is 6.05. The normalized spacial score (nSPS) is 11.3. The van der Waals surface area contributed by atoms with Crippen molar-refractivity contribution in [2.45, 2.75) is 20.0 Å². The minimum atomic E-state index is -5.04. The fourth-order valence-electron chi connectivity index (χ4n) is 3.22. The van der Waals surface area contributed by atoms with Crippen LogP contribution in [0.5, 0.6) is 0 Å². The van der Waals surface area contributed by atoms with Crippen molar-refractivity contribution in [2.24, 2.45) is 0 Å². The Morgan fingerprint density at radius 3 is 2.43 bits per heavy atom. The summed E-state index contributed by atoms with van der Waals surface area (Å²) >= 11 is 0. The molecule has 4 heterocycles. The summed E-state index contributed by atoms with van der Waals surface area (Å²) in [5, 5.41) is 23.2. The third-order valence-corrected chi connectivity index (χ3v) is 4.82. The molecule has 0 bridgehead atoms. The summed E-state index contributed by atoms with van der Waals surface area (Å²) in [7, 11) is 0. The molecule has 0 saturated carbocycles. The summed E-state index contributed by atoms with van der Waals surface area (Å²) in [6, 6.07) is 4.03. The van der Waals surface area contributed by atoms with Gasteiger partial charge in [-0.1, -0.05) is 0 Å². The van der Waals surface area contributed by atoms with E-state index < -0.39 is 40.8 Å². The molecule has 0 saturated heterocycles. The molecular formula is C20H14F4N10O. The molecule has 0 unspecified atom stereocenters. The number of aryl methyl sites for hydroxylation is 2. The number of anilines is 2. The van der Waals surface area contributed by atoms with Crippen molar-refractivity contribution < 1.29 is 22.4 Å². The van der Waals surface area contributed by atoms with Gasteiger partial charge in [-0.3, -0.25) is 4.79 Å². The monoisotopic (exact) mass is 486 g/mol. The van der Waals surface area contributed by atoms with Crippen molar-refractivity contribution >= 4 is 17.4 Å². The summed E-state index contributed by atoms with van der Waals surface area (Å²) in [4.78, 5) is 21.8. The van der Waals surface area contributed by atoms with Crippen LogP contribution in [0, 0.1) is 31.0 Å².